The first-order chi connectivity index (χ1) is 6.88. The van der Waals surface area contributed by atoms with E-state index in [0.717, 1.165) is 18.3 Å². The van der Waals surface area contributed by atoms with Crippen LogP contribution in [-0.4, -0.2) is 6.61 Å². The van der Waals surface area contributed by atoms with Crippen molar-refractivity contribution in [1.82, 2.24) is 0 Å². The Labute approximate surface area is 82.1 Å². The lowest BCUT2D eigenvalue weighted by atomic mass is 10.3. The first-order valence-corrected chi connectivity index (χ1v) is 4.66. The average molecular weight is 189 g/mol. The van der Waals surface area contributed by atoms with Gasteiger partial charge in [0.2, 0.25) is 0 Å². The van der Waals surface area contributed by atoms with E-state index in [1.807, 2.05) is 12.1 Å². The lowest BCUT2D eigenvalue weighted by Gasteiger charge is -2.04. The molecule has 72 valence electrons. The molecule has 0 amide bonds. The molecular weight excluding hydrogens is 178 g/mol. The molecule has 0 bridgehead atoms. The quantitative estimate of drug-likeness (QED) is 0.406. The van der Waals surface area contributed by atoms with E-state index >= 15 is 0 Å². The van der Waals surface area contributed by atoms with E-state index in [9.17, 15) is 0 Å². The highest BCUT2D eigenvalue weighted by Gasteiger charge is 2.21. The van der Waals surface area contributed by atoms with E-state index in [2.05, 4.69) is 10.0 Å². The third-order valence-corrected chi connectivity index (χ3v) is 2.18. The summed E-state index contributed by atoms with van der Waals surface area (Å²) in [7, 11) is 0. The number of hydrogen-bond acceptors (Lipinski definition) is 2. The molecule has 0 atom stereocenters. The highest BCUT2D eigenvalue weighted by Crippen LogP contribution is 2.29. The van der Waals surface area contributed by atoms with Crippen LogP contribution in [0.15, 0.2) is 29.4 Å². The predicted molar refractivity (Wildman–Crippen MR) is 53.5 cm³/mol. The van der Waals surface area contributed by atoms with Gasteiger partial charge in [-0.05, 0) is 48.6 Å². The molecule has 0 N–H and O–H groups in total. The smallest absolute Gasteiger partial charge is 0.119 e. The highest BCUT2D eigenvalue weighted by molar-refractivity contribution is 5.40. The Hall–Kier alpha value is -1.67. The second kappa shape index (κ2) is 4.03. The Balaban J connectivity index is 1.94. The molecule has 0 aliphatic heterocycles. The summed E-state index contributed by atoms with van der Waals surface area (Å²) in [6, 6.07) is 7.16. The predicted octanol–water partition coefficient (Wildman–Crippen LogP) is 3.42. The summed E-state index contributed by atoms with van der Waals surface area (Å²) in [5.74, 6) is 1.60. The summed E-state index contributed by atoms with van der Waals surface area (Å²) < 4.78 is 5.53. The van der Waals surface area contributed by atoms with Crippen molar-refractivity contribution in [2.24, 2.45) is 11.0 Å². The van der Waals surface area contributed by atoms with E-state index in [-0.39, 0.29) is 0 Å². The van der Waals surface area contributed by atoms with Crippen molar-refractivity contribution < 1.29 is 4.74 Å². The molecule has 0 saturated heterocycles. The zero-order chi connectivity index (χ0) is 9.80. The summed E-state index contributed by atoms with van der Waals surface area (Å²) in [6.07, 6.45) is 2.58. The van der Waals surface area contributed by atoms with E-state index in [0.29, 0.717) is 5.69 Å². The molecule has 1 aromatic carbocycles. The molecule has 0 aromatic heterocycles. The fourth-order valence-electron chi connectivity index (χ4n) is 1.16. The van der Waals surface area contributed by atoms with Crippen LogP contribution >= 0.6 is 0 Å². The van der Waals surface area contributed by atoms with Gasteiger partial charge in [-0.15, -0.1) is 0 Å². The zero-order valence-corrected chi connectivity index (χ0v) is 7.76. The van der Waals surface area contributed by atoms with E-state index in [1.54, 1.807) is 12.1 Å². The van der Waals surface area contributed by atoms with Gasteiger partial charge in [-0.25, -0.2) is 0 Å². The molecule has 2 rings (SSSR count). The summed E-state index contributed by atoms with van der Waals surface area (Å²) >= 11 is 0. The standard InChI is InChI=1S/C10H11N3O/c11-13-12-9-3-5-10(6-4-9)14-7-8-1-2-8/h3-6,8H,1-2,7H2. The molecule has 0 unspecified atom stereocenters. The lowest BCUT2D eigenvalue weighted by molar-refractivity contribution is 0.300. The van der Waals surface area contributed by atoms with Gasteiger partial charge in [0.15, 0.2) is 0 Å². The molecular formula is C10H11N3O. The van der Waals surface area contributed by atoms with E-state index < -0.39 is 0 Å². The molecule has 1 aliphatic rings. The molecule has 1 aromatic rings. The summed E-state index contributed by atoms with van der Waals surface area (Å²) in [6.45, 7) is 0.806. The Morgan fingerprint density at radius 2 is 2.07 bits per heavy atom. The molecule has 0 radical (unpaired) electrons. The van der Waals surface area contributed by atoms with Gasteiger partial charge in [0.05, 0.1) is 6.61 Å². The van der Waals surface area contributed by atoms with Gasteiger partial charge in [-0.1, -0.05) is 5.11 Å². The summed E-state index contributed by atoms with van der Waals surface area (Å²) in [5.41, 5.74) is 8.82. The van der Waals surface area contributed by atoms with Crippen LogP contribution in [0.25, 0.3) is 10.4 Å². The molecule has 1 aliphatic carbocycles. The Kier molecular flexibility index (Phi) is 2.56. The first kappa shape index (κ1) is 8.91. The second-order valence-corrected chi connectivity index (χ2v) is 3.44. The fourth-order valence-corrected chi connectivity index (χ4v) is 1.16. The van der Waals surface area contributed by atoms with Crippen molar-refractivity contribution in [2.45, 2.75) is 12.8 Å². The largest absolute Gasteiger partial charge is 0.493 e. The average Bonchev–Trinajstić information content (AvgIpc) is 3.01. The van der Waals surface area contributed by atoms with Gasteiger partial charge in [-0.3, -0.25) is 0 Å². The van der Waals surface area contributed by atoms with E-state index in [4.69, 9.17) is 10.3 Å². The summed E-state index contributed by atoms with van der Waals surface area (Å²) in [5, 5.41) is 3.48. The van der Waals surface area contributed by atoms with Crippen molar-refractivity contribution in [1.29, 1.82) is 0 Å². The minimum Gasteiger partial charge on any atom is -0.493 e. The highest BCUT2D eigenvalue weighted by atomic mass is 16.5. The number of hydrogen-bond donors (Lipinski definition) is 0. The fraction of sp³-hybridized carbons (Fsp3) is 0.400. The van der Waals surface area contributed by atoms with Crippen molar-refractivity contribution >= 4 is 5.69 Å². The first-order valence-electron chi connectivity index (χ1n) is 4.66. The Bertz CT molecular complexity index is 350. The minimum absolute atomic E-state index is 0.617. The van der Waals surface area contributed by atoms with Crippen molar-refractivity contribution in [3.8, 4) is 5.75 Å². The maximum atomic E-state index is 8.20. The molecule has 1 fully saturated rings. The number of azide groups is 1. The third kappa shape index (κ3) is 2.41. The van der Waals surface area contributed by atoms with E-state index in [1.165, 1.54) is 12.8 Å². The third-order valence-electron chi connectivity index (χ3n) is 2.18. The van der Waals surface area contributed by atoms with Crippen molar-refractivity contribution in [2.75, 3.05) is 6.61 Å². The second-order valence-electron chi connectivity index (χ2n) is 3.44. The van der Waals surface area contributed by atoms with Gasteiger partial charge >= 0.3 is 0 Å². The van der Waals surface area contributed by atoms with Gasteiger partial charge in [0.1, 0.15) is 5.75 Å². The van der Waals surface area contributed by atoms with Crippen molar-refractivity contribution in [3.05, 3.63) is 34.7 Å². The number of nitrogens with zero attached hydrogens (tertiary/aromatic N) is 3. The lowest BCUT2D eigenvalue weighted by Crippen LogP contribution is -1.98. The normalized spacial score (nSPS) is 14.6. The monoisotopic (exact) mass is 189 g/mol. The molecule has 0 spiro atoms. The number of ether oxygens (including phenoxy) is 1. The van der Waals surface area contributed by atoms with Crippen LogP contribution in [0, 0.1) is 5.92 Å². The Morgan fingerprint density at radius 3 is 2.64 bits per heavy atom. The van der Waals surface area contributed by atoms with Crippen LogP contribution in [0.4, 0.5) is 5.69 Å². The minimum atomic E-state index is 0.617. The van der Waals surface area contributed by atoms with Crippen LogP contribution in [-0.2, 0) is 0 Å². The van der Waals surface area contributed by atoms with Crippen LogP contribution in [0.5, 0.6) is 5.75 Å². The van der Waals surface area contributed by atoms with Crippen LogP contribution in [0.1, 0.15) is 12.8 Å². The SMILES string of the molecule is [N-]=[N+]=Nc1ccc(OCC2CC2)cc1. The maximum Gasteiger partial charge on any atom is 0.119 e. The van der Waals surface area contributed by atoms with Gasteiger partial charge in [-0.2, -0.15) is 0 Å². The molecule has 4 heteroatoms. The molecule has 4 nitrogen and oxygen atoms in total. The maximum absolute atomic E-state index is 8.20. The topological polar surface area (TPSA) is 58.0 Å². The van der Waals surface area contributed by atoms with Crippen LogP contribution in [0.3, 0.4) is 0 Å². The zero-order valence-electron chi connectivity index (χ0n) is 7.76. The van der Waals surface area contributed by atoms with Gasteiger partial charge in [0.25, 0.3) is 0 Å². The van der Waals surface area contributed by atoms with Crippen LogP contribution in [0.2, 0.25) is 0 Å². The van der Waals surface area contributed by atoms with Gasteiger partial charge in [0, 0.05) is 10.6 Å². The number of rotatable bonds is 4. The van der Waals surface area contributed by atoms with Gasteiger partial charge < -0.3 is 4.74 Å². The molecule has 0 heterocycles. The summed E-state index contributed by atoms with van der Waals surface area (Å²) in [4.78, 5) is 2.70. The number of benzene rings is 1. The van der Waals surface area contributed by atoms with Crippen LogP contribution < -0.4 is 4.74 Å². The molecule has 14 heavy (non-hydrogen) atoms. The van der Waals surface area contributed by atoms with Crippen molar-refractivity contribution in [3.63, 3.8) is 0 Å². The Morgan fingerprint density at radius 1 is 1.36 bits per heavy atom. The molecule has 1 saturated carbocycles.